The third-order valence-electron chi connectivity index (χ3n) is 3.24. The van der Waals surface area contributed by atoms with Crippen LogP contribution in [0, 0.1) is 0 Å². The van der Waals surface area contributed by atoms with Crippen LogP contribution in [0.4, 0.5) is 11.6 Å². The van der Waals surface area contributed by atoms with Crippen LogP contribution in [0.3, 0.4) is 0 Å². The third kappa shape index (κ3) is 1.98. The maximum Gasteiger partial charge on any atom is 0.197 e. The third-order valence-corrected chi connectivity index (χ3v) is 3.24. The molecule has 88 valence electrons. The fourth-order valence-corrected chi connectivity index (χ4v) is 2.31. The summed E-state index contributed by atoms with van der Waals surface area (Å²) in [7, 11) is 0. The summed E-state index contributed by atoms with van der Waals surface area (Å²) in [5.41, 5.74) is 8.97. The van der Waals surface area contributed by atoms with Crippen molar-refractivity contribution in [1.29, 1.82) is 0 Å². The lowest BCUT2D eigenvalue weighted by atomic mass is 10.1. The monoisotopic (exact) mass is 228 g/mol. The number of nitrogens with zero attached hydrogens (tertiary/aromatic N) is 2. The van der Waals surface area contributed by atoms with Crippen molar-refractivity contribution in [2.75, 3.05) is 23.7 Å². The normalized spacial score (nSPS) is 15.4. The Hall–Kier alpha value is -1.97. The number of benzene rings is 1. The van der Waals surface area contributed by atoms with Gasteiger partial charge in [0.15, 0.2) is 5.95 Å². The lowest BCUT2D eigenvalue weighted by Crippen LogP contribution is -2.17. The van der Waals surface area contributed by atoms with Gasteiger partial charge in [0, 0.05) is 18.8 Å². The highest BCUT2D eigenvalue weighted by Crippen LogP contribution is 2.24. The van der Waals surface area contributed by atoms with E-state index in [2.05, 4.69) is 39.1 Å². The number of H-pyrrole nitrogens is 1. The van der Waals surface area contributed by atoms with Gasteiger partial charge in [0.25, 0.3) is 0 Å². The van der Waals surface area contributed by atoms with Gasteiger partial charge in [-0.1, -0.05) is 12.1 Å². The van der Waals surface area contributed by atoms with Gasteiger partial charge in [0.1, 0.15) is 0 Å². The first-order valence-electron chi connectivity index (χ1n) is 5.99. The van der Waals surface area contributed by atoms with Crippen LogP contribution in [0.25, 0.3) is 11.3 Å². The molecule has 3 rings (SSSR count). The molecule has 1 aliphatic rings. The van der Waals surface area contributed by atoms with E-state index >= 15 is 0 Å². The molecule has 1 saturated heterocycles. The van der Waals surface area contributed by atoms with Crippen LogP contribution in [0.1, 0.15) is 12.8 Å². The number of hydrogen-bond donors (Lipinski definition) is 2. The standard InChI is InChI=1S/C13H16N4/c14-13-15-9-12(16-13)10-3-5-11(6-4-10)17-7-1-2-8-17/h3-6,9H,1-2,7-8H2,(H3,14,15,16). The van der Waals surface area contributed by atoms with E-state index in [1.54, 1.807) is 6.20 Å². The number of nitrogens with two attached hydrogens (primary N) is 1. The maximum absolute atomic E-state index is 5.57. The molecule has 1 aromatic heterocycles. The smallest absolute Gasteiger partial charge is 0.197 e. The van der Waals surface area contributed by atoms with Crippen molar-refractivity contribution < 1.29 is 0 Å². The molecule has 17 heavy (non-hydrogen) atoms. The maximum atomic E-state index is 5.57. The molecule has 0 spiro atoms. The second-order valence-corrected chi connectivity index (χ2v) is 4.42. The average Bonchev–Trinajstić information content (AvgIpc) is 3.00. The van der Waals surface area contributed by atoms with Crippen molar-refractivity contribution in [2.45, 2.75) is 12.8 Å². The summed E-state index contributed by atoms with van der Waals surface area (Å²) in [6.45, 7) is 2.35. The van der Waals surface area contributed by atoms with E-state index < -0.39 is 0 Å². The van der Waals surface area contributed by atoms with Crippen LogP contribution in [-0.4, -0.2) is 23.1 Å². The van der Waals surface area contributed by atoms with Crippen molar-refractivity contribution in [3.8, 4) is 11.3 Å². The van der Waals surface area contributed by atoms with E-state index in [0.29, 0.717) is 5.95 Å². The second-order valence-electron chi connectivity index (χ2n) is 4.42. The molecule has 1 aromatic carbocycles. The van der Waals surface area contributed by atoms with Crippen molar-refractivity contribution in [2.24, 2.45) is 0 Å². The number of hydrogen-bond acceptors (Lipinski definition) is 3. The Balaban J connectivity index is 1.84. The zero-order chi connectivity index (χ0) is 11.7. The molecule has 1 fully saturated rings. The first-order chi connectivity index (χ1) is 8.33. The van der Waals surface area contributed by atoms with E-state index in [4.69, 9.17) is 5.73 Å². The number of rotatable bonds is 2. The van der Waals surface area contributed by atoms with Gasteiger partial charge in [-0.2, -0.15) is 0 Å². The Morgan fingerprint density at radius 2 is 1.82 bits per heavy atom. The quantitative estimate of drug-likeness (QED) is 0.829. The van der Waals surface area contributed by atoms with Gasteiger partial charge in [0.2, 0.25) is 0 Å². The van der Waals surface area contributed by atoms with Gasteiger partial charge >= 0.3 is 0 Å². The molecule has 0 bridgehead atoms. The Bertz CT molecular complexity index is 494. The molecular formula is C13H16N4. The summed E-state index contributed by atoms with van der Waals surface area (Å²) in [4.78, 5) is 9.46. The Labute approximate surface area is 100 Å². The summed E-state index contributed by atoms with van der Waals surface area (Å²) in [6.07, 6.45) is 4.37. The van der Waals surface area contributed by atoms with Crippen LogP contribution < -0.4 is 10.6 Å². The van der Waals surface area contributed by atoms with Gasteiger partial charge in [-0.3, -0.25) is 0 Å². The highest BCUT2D eigenvalue weighted by atomic mass is 15.1. The lowest BCUT2D eigenvalue weighted by Gasteiger charge is -2.17. The highest BCUT2D eigenvalue weighted by Gasteiger charge is 2.12. The number of imidazole rings is 1. The molecule has 4 nitrogen and oxygen atoms in total. The summed E-state index contributed by atoms with van der Waals surface area (Å²) in [6, 6.07) is 8.55. The SMILES string of the molecule is Nc1ncc(-c2ccc(N3CCCC3)cc2)[nH]1. The molecule has 0 radical (unpaired) electrons. The number of nitrogens with one attached hydrogen (secondary N) is 1. The number of nitrogen functional groups attached to an aromatic ring is 1. The molecule has 0 amide bonds. The Morgan fingerprint density at radius 3 is 2.41 bits per heavy atom. The zero-order valence-electron chi connectivity index (χ0n) is 9.69. The van der Waals surface area contributed by atoms with Gasteiger partial charge in [-0.25, -0.2) is 4.98 Å². The van der Waals surface area contributed by atoms with Crippen LogP contribution in [0.5, 0.6) is 0 Å². The van der Waals surface area contributed by atoms with E-state index in [1.807, 2.05) is 0 Å². The number of aromatic nitrogens is 2. The molecule has 0 aliphatic carbocycles. The van der Waals surface area contributed by atoms with Gasteiger partial charge < -0.3 is 15.6 Å². The Kier molecular flexibility index (Phi) is 2.48. The predicted molar refractivity (Wildman–Crippen MR) is 69.9 cm³/mol. The van der Waals surface area contributed by atoms with E-state index in [1.165, 1.54) is 31.6 Å². The van der Waals surface area contributed by atoms with Crippen LogP contribution >= 0.6 is 0 Å². The fourth-order valence-electron chi connectivity index (χ4n) is 2.31. The Morgan fingerprint density at radius 1 is 1.12 bits per heavy atom. The van der Waals surface area contributed by atoms with Gasteiger partial charge in [-0.15, -0.1) is 0 Å². The first kappa shape index (κ1) is 10.2. The lowest BCUT2D eigenvalue weighted by molar-refractivity contribution is 0.949. The van der Waals surface area contributed by atoms with Crippen molar-refractivity contribution in [3.05, 3.63) is 30.5 Å². The molecule has 3 N–H and O–H groups in total. The fraction of sp³-hybridized carbons (Fsp3) is 0.308. The molecule has 0 saturated carbocycles. The highest BCUT2D eigenvalue weighted by molar-refractivity contribution is 5.63. The molecule has 0 atom stereocenters. The summed E-state index contributed by atoms with van der Waals surface area (Å²) in [5, 5.41) is 0. The van der Waals surface area contributed by atoms with Crippen LogP contribution in [0.2, 0.25) is 0 Å². The van der Waals surface area contributed by atoms with Crippen LogP contribution in [-0.2, 0) is 0 Å². The molecule has 0 unspecified atom stereocenters. The van der Waals surface area contributed by atoms with Crippen molar-refractivity contribution in [1.82, 2.24) is 9.97 Å². The second kappa shape index (κ2) is 4.13. The molecule has 4 heteroatoms. The topological polar surface area (TPSA) is 57.9 Å². The minimum absolute atomic E-state index is 0.462. The summed E-state index contributed by atoms with van der Waals surface area (Å²) < 4.78 is 0. The van der Waals surface area contributed by atoms with E-state index in [-0.39, 0.29) is 0 Å². The van der Waals surface area contributed by atoms with E-state index in [9.17, 15) is 0 Å². The molecule has 2 aromatic rings. The minimum Gasteiger partial charge on any atom is -0.372 e. The van der Waals surface area contributed by atoms with Gasteiger partial charge in [0.05, 0.1) is 11.9 Å². The van der Waals surface area contributed by atoms with E-state index in [0.717, 1.165) is 11.3 Å². The molecular weight excluding hydrogens is 212 g/mol. The first-order valence-corrected chi connectivity index (χ1v) is 5.99. The number of anilines is 2. The average molecular weight is 228 g/mol. The number of aromatic amines is 1. The predicted octanol–water partition coefficient (Wildman–Crippen LogP) is 2.26. The van der Waals surface area contributed by atoms with Gasteiger partial charge in [-0.05, 0) is 30.5 Å². The van der Waals surface area contributed by atoms with Crippen molar-refractivity contribution >= 4 is 11.6 Å². The summed E-state index contributed by atoms with van der Waals surface area (Å²) >= 11 is 0. The van der Waals surface area contributed by atoms with Crippen LogP contribution in [0.15, 0.2) is 30.5 Å². The zero-order valence-corrected chi connectivity index (χ0v) is 9.69. The summed E-state index contributed by atoms with van der Waals surface area (Å²) in [5.74, 6) is 0.462. The van der Waals surface area contributed by atoms with Crippen molar-refractivity contribution in [3.63, 3.8) is 0 Å². The molecule has 2 heterocycles. The minimum atomic E-state index is 0.462. The largest absolute Gasteiger partial charge is 0.372 e. The molecule has 1 aliphatic heterocycles.